The van der Waals surface area contributed by atoms with E-state index in [4.69, 9.17) is 10.3 Å². The van der Waals surface area contributed by atoms with Gasteiger partial charge in [0.1, 0.15) is 0 Å². The zero-order valence-corrected chi connectivity index (χ0v) is 14.1. The molecule has 1 aromatic rings. The predicted molar refractivity (Wildman–Crippen MR) is 86.8 cm³/mol. The molecule has 2 heterocycles. The van der Waals surface area contributed by atoms with Gasteiger partial charge in [-0.15, -0.1) is 0 Å². The Labute approximate surface area is 137 Å². The second-order valence-electron chi connectivity index (χ2n) is 7.28. The van der Waals surface area contributed by atoms with Gasteiger partial charge < -0.3 is 15.2 Å². The van der Waals surface area contributed by atoms with Gasteiger partial charge in [-0.1, -0.05) is 24.4 Å². The fraction of sp³-hybridized carbons (Fsp3) is 0.824. The number of rotatable bonds is 4. The first-order valence-corrected chi connectivity index (χ1v) is 8.90. The van der Waals surface area contributed by atoms with Crippen LogP contribution in [0.2, 0.25) is 0 Å². The third kappa shape index (κ3) is 3.74. The van der Waals surface area contributed by atoms with Crippen molar-refractivity contribution in [2.75, 3.05) is 19.6 Å². The van der Waals surface area contributed by atoms with Crippen LogP contribution in [0.1, 0.15) is 69.0 Å². The van der Waals surface area contributed by atoms with Crippen LogP contribution in [0.25, 0.3) is 0 Å². The van der Waals surface area contributed by atoms with E-state index in [2.05, 4.69) is 10.1 Å². The molecule has 0 aromatic carbocycles. The topological polar surface area (TPSA) is 85.2 Å². The fourth-order valence-electron chi connectivity index (χ4n) is 4.04. The highest BCUT2D eigenvalue weighted by molar-refractivity contribution is 5.77. The normalized spacial score (nSPS) is 22.3. The van der Waals surface area contributed by atoms with E-state index >= 15 is 0 Å². The van der Waals surface area contributed by atoms with E-state index in [1.54, 1.807) is 0 Å². The molecule has 1 aromatic heterocycles. The largest absolute Gasteiger partial charge is 0.343 e. The van der Waals surface area contributed by atoms with Crippen molar-refractivity contribution in [2.45, 2.75) is 64.2 Å². The quantitative estimate of drug-likeness (QED) is 0.920. The number of nitrogens with zero attached hydrogens (tertiary/aromatic N) is 3. The highest BCUT2D eigenvalue weighted by Gasteiger charge is 2.35. The fourth-order valence-corrected chi connectivity index (χ4v) is 4.04. The zero-order valence-electron chi connectivity index (χ0n) is 14.1. The molecule has 1 aliphatic heterocycles. The molecule has 128 valence electrons. The first-order valence-electron chi connectivity index (χ1n) is 8.90. The number of aryl methyl sites for hydroxylation is 1. The third-order valence-electron chi connectivity index (χ3n) is 5.61. The van der Waals surface area contributed by atoms with Gasteiger partial charge in [-0.05, 0) is 44.6 Å². The van der Waals surface area contributed by atoms with Crippen molar-refractivity contribution in [1.82, 2.24) is 15.0 Å². The Morgan fingerprint density at radius 3 is 2.57 bits per heavy atom. The van der Waals surface area contributed by atoms with E-state index < -0.39 is 0 Å². The smallest absolute Gasteiger partial charge is 0.229 e. The SMILES string of the molecule is Cc1noc(C2CCN(C(=O)CC3(CN)CCCCC3)CC2)n1. The van der Waals surface area contributed by atoms with Crippen LogP contribution in [0, 0.1) is 12.3 Å². The number of nitrogens with two attached hydrogens (primary N) is 1. The minimum Gasteiger partial charge on any atom is -0.343 e. The average Bonchev–Trinajstić information content (AvgIpc) is 3.02. The number of piperidine rings is 1. The molecule has 1 amide bonds. The Bertz CT molecular complexity index is 528. The molecule has 1 aliphatic carbocycles. The Balaban J connectivity index is 1.53. The van der Waals surface area contributed by atoms with Crippen LogP contribution in [-0.4, -0.2) is 40.6 Å². The lowest BCUT2D eigenvalue weighted by Gasteiger charge is -2.38. The molecule has 2 fully saturated rings. The average molecular weight is 320 g/mol. The molecule has 0 unspecified atom stereocenters. The lowest BCUT2D eigenvalue weighted by molar-refractivity contribution is -0.135. The van der Waals surface area contributed by atoms with Gasteiger partial charge in [-0.3, -0.25) is 4.79 Å². The van der Waals surface area contributed by atoms with Crippen LogP contribution in [-0.2, 0) is 4.79 Å². The summed E-state index contributed by atoms with van der Waals surface area (Å²) in [5.41, 5.74) is 6.07. The Hall–Kier alpha value is -1.43. The predicted octanol–water partition coefficient (Wildman–Crippen LogP) is 2.38. The van der Waals surface area contributed by atoms with Crippen LogP contribution in [0.4, 0.5) is 0 Å². The molecule has 1 saturated carbocycles. The van der Waals surface area contributed by atoms with Crippen LogP contribution >= 0.6 is 0 Å². The van der Waals surface area contributed by atoms with Crippen LogP contribution in [0.3, 0.4) is 0 Å². The van der Waals surface area contributed by atoms with Gasteiger partial charge in [0, 0.05) is 25.4 Å². The summed E-state index contributed by atoms with van der Waals surface area (Å²) < 4.78 is 5.27. The molecule has 0 atom stereocenters. The molecular formula is C17H28N4O2. The summed E-state index contributed by atoms with van der Waals surface area (Å²) in [5.74, 6) is 1.97. The number of hydrogen-bond donors (Lipinski definition) is 1. The molecule has 2 aliphatic rings. The third-order valence-corrected chi connectivity index (χ3v) is 5.61. The standard InChI is InChI=1S/C17H28N4O2/c1-13-19-16(23-20-13)14-5-9-21(10-6-14)15(22)11-17(12-18)7-3-2-4-8-17/h14H,2-12,18H2,1H3. The van der Waals surface area contributed by atoms with Gasteiger partial charge in [0.05, 0.1) is 0 Å². The number of likely N-dealkylation sites (tertiary alicyclic amines) is 1. The number of hydrogen-bond acceptors (Lipinski definition) is 5. The minimum absolute atomic E-state index is 0.0514. The second-order valence-corrected chi connectivity index (χ2v) is 7.28. The molecule has 1 saturated heterocycles. The summed E-state index contributed by atoms with van der Waals surface area (Å²) in [6, 6.07) is 0. The molecule has 3 rings (SSSR count). The molecule has 0 radical (unpaired) electrons. The summed E-state index contributed by atoms with van der Waals surface area (Å²) in [6.07, 6.45) is 8.34. The highest BCUT2D eigenvalue weighted by atomic mass is 16.5. The van der Waals surface area contributed by atoms with Gasteiger partial charge in [-0.25, -0.2) is 0 Å². The molecule has 23 heavy (non-hydrogen) atoms. The summed E-state index contributed by atoms with van der Waals surface area (Å²) in [6.45, 7) is 4.04. The van der Waals surface area contributed by atoms with Crippen molar-refractivity contribution in [2.24, 2.45) is 11.1 Å². The highest BCUT2D eigenvalue weighted by Crippen LogP contribution is 2.39. The van der Waals surface area contributed by atoms with E-state index in [9.17, 15) is 4.79 Å². The van der Waals surface area contributed by atoms with Gasteiger partial charge in [0.25, 0.3) is 0 Å². The van der Waals surface area contributed by atoms with E-state index in [-0.39, 0.29) is 11.3 Å². The van der Waals surface area contributed by atoms with Crippen molar-refractivity contribution in [3.8, 4) is 0 Å². The van der Waals surface area contributed by atoms with E-state index in [0.717, 1.165) is 44.7 Å². The Morgan fingerprint density at radius 1 is 1.30 bits per heavy atom. The van der Waals surface area contributed by atoms with E-state index in [1.807, 2.05) is 11.8 Å². The van der Waals surface area contributed by atoms with Crippen molar-refractivity contribution < 1.29 is 9.32 Å². The Kier molecular flexibility index (Phi) is 4.99. The maximum atomic E-state index is 12.7. The molecule has 0 bridgehead atoms. The van der Waals surface area contributed by atoms with E-state index in [1.165, 1.54) is 19.3 Å². The number of carbonyl (C=O) groups excluding carboxylic acids is 1. The van der Waals surface area contributed by atoms with Crippen molar-refractivity contribution >= 4 is 5.91 Å². The van der Waals surface area contributed by atoms with Crippen molar-refractivity contribution in [3.05, 3.63) is 11.7 Å². The van der Waals surface area contributed by atoms with Gasteiger partial charge in [-0.2, -0.15) is 4.98 Å². The molecule has 0 spiro atoms. The summed E-state index contributed by atoms with van der Waals surface area (Å²) in [4.78, 5) is 19.0. The lowest BCUT2D eigenvalue weighted by atomic mass is 9.71. The number of aromatic nitrogens is 2. The first kappa shape index (κ1) is 16.4. The zero-order chi connectivity index (χ0) is 16.3. The van der Waals surface area contributed by atoms with Crippen LogP contribution in [0.15, 0.2) is 4.52 Å². The maximum Gasteiger partial charge on any atom is 0.229 e. The van der Waals surface area contributed by atoms with Crippen LogP contribution < -0.4 is 5.73 Å². The number of amides is 1. The first-order chi connectivity index (χ1) is 11.1. The summed E-state index contributed by atoms with van der Waals surface area (Å²) in [7, 11) is 0. The molecule has 6 heteroatoms. The lowest BCUT2D eigenvalue weighted by Crippen LogP contribution is -2.43. The van der Waals surface area contributed by atoms with Crippen molar-refractivity contribution in [1.29, 1.82) is 0 Å². The van der Waals surface area contributed by atoms with Crippen molar-refractivity contribution in [3.63, 3.8) is 0 Å². The molecular weight excluding hydrogens is 292 g/mol. The molecule has 2 N–H and O–H groups in total. The monoisotopic (exact) mass is 320 g/mol. The Morgan fingerprint density at radius 2 is 2.00 bits per heavy atom. The van der Waals surface area contributed by atoms with Gasteiger partial charge in [0.2, 0.25) is 11.8 Å². The maximum absolute atomic E-state index is 12.7. The summed E-state index contributed by atoms with van der Waals surface area (Å²) >= 11 is 0. The molecule has 6 nitrogen and oxygen atoms in total. The summed E-state index contributed by atoms with van der Waals surface area (Å²) in [5, 5.41) is 3.86. The van der Waals surface area contributed by atoms with Crippen LogP contribution in [0.5, 0.6) is 0 Å². The second kappa shape index (κ2) is 6.99. The number of carbonyl (C=O) groups is 1. The van der Waals surface area contributed by atoms with Gasteiger partial charge >= 0.3 is 0 Å². The van der Waals surface area contributed by atoms with Gasteiger partial charge in [0.15, 0.2) is 5.82 Å². The minimum atomic E-state index is 0.0514. The van der Waals surface area contributed by atoms with E-state index in [0.29, 0.717) is 24.7 Å².